The van der Waals surface area contributed by atoms with Crippen LogP contribution in [0.2, 0.25) is 0 Å². The van der Waals surface area contributed by atoms with Crippen LogP contribution < -0.4 is 19.6 Å². The van der Waals surface area contributed by atoms with E-state index in [0.29, 0.717) is 28.8 Å². The number of carbonyl (C=O) groups is 4. The number of halogens is 1. The number of esters is 2. The molecule has 2 aliphatic rings. The van der Waals surface area contributed by atoms with Crippen LogP contribution in [0.3, 0.4) is 0 Å². The van der Waals surface area contributed by atoms with E-state index in [1.165, 1.54) is 32.3 Å². The van der Waals surface area contributed by atoms with Gasteiger partial charge in [0, 0.05) is 29.9 Å². The van der Waals surface area contributed by atoms with E-state index < -0.39 is 47.5 Å². The molecular weight excluding hydrogens is 604 g/mol. The Balaban J connectivity index is 1.59. The van der Waals surface area contributed by atoms with Crippen LogP contribution >= 0.6 is 11.8 Å². The summed E-state index contributed by atoms with van der Waals surface area (Å²) in [5, 5.41) is 3.51. The predicted molar refractivity (Wildman–Crippen MR) is 167 cm³/mol. The minimum Gasteiger partial charge on any atom is -0.497 e. The van der Waals surface area contributed by atoms with Crippen LogP contribution in [0.4, 0.5) is 0 Å². The molecule has 4 rings (SSSR count). The summed E-state index contributed by atoms with van der Waals surface area (Å²) in [7, 11) is 4.06. The molecule has 45 heavy (non-hydrogen) atoms. The average molecular weight is 645 g/mol. The minimum atomic E-state index is -1.20. The number of amides is 2. The number of hydrogen-bond donors (Lipinski definition) is 2. The van der Waals surface area contributed by atoms with Crippen molar-refractivity contribution in [1.29, 1.82) is 0 Å². The smallest absolute Gasteiger partial charge is 0.356 e. The third-order valence-corrected chi connectivity index (χ3v) is 8.63. The maximum Gasteiger partial charge on any atom is 0.356 e. The molecule has 2 N–H and O–H groups in total. The molecular formula is C32H41ClN4O8. The second-order valence-corrected chi connectivity index (χ2v) is 11.6. The van der Waals surface area contributed by atoms with Gasteiger partial charge in [-0.15, -0.1) is 0 Å². The van der Waals surface area contributed by atoms with Crippen LogP contribution in [0.1, 0.15) is 62.9 Å². The van der Waals surface area contributed by atoms with Crippen molar-refractivity contribution >= 4 is 46.4 Å². The summed E-state index contributed by atoms with van der Waals surface area (Å²) in [5.41, 5.74) is -0.738. The van der Waals surface area contributed by atoms with E-state index in [0.717, 1.165) is 25.7 Å². The lowest BCUT2D eigenvalue weighted by Crippen LogP contribution is -2.55. The number of ether oxygens (including phenoxy) is 4. The van der Waals surface area contributed by atoms with Crippen LogP contribution in [0.25, 0.3) is 10.9 Å². The van der Waals surface area contributed by atoms with Crippen LogP contribution in [0, 0.1) is 5.92 Å². The van der Waals surface area contributed by atoms with Gasteiger partial charge in [-0.2, -0.15) is 0 Å². The Morgan fingerprint density at radius 2 is 1.93 bits per heavy atom. The Bertz CT molecular complexity index is 1450. The molecule has 1 aliphatic heterocycles. The quantitative estimate of drug-likeness (QED) is 0.135. The zero-order valence-corrected chi connectivity index (χ0v) is 27.0. The van der Waals surface area contributed by atoms with Gasteiger partial charge < -0.3 is 29.2 Å². The molecule has 1 aromatic carbocycles. The Kier molecular flexibility index (Phi) is 11.3. The number of allylic oxidation sites excluding steroid dienone is 1. The van der Waals surface area contributed by atoms with Gasteiger partial charge in [-0.3, -0.25) is 9.59 Å². The van der Waals surface area contributed by atoms with Crippen molar-refractivity contribution < 1.29 is 38.1 Å². The van der Waals surface area contributed by atoms with Crippen molar-refractivity contribution in [3.05, 3.63) is 42.1 Å². The van der Waals surface area contributed by atoms with Crippen molar-refractivity contribution in [1.82, 2.24) is 20.0 Å². The SMILES string of the molecule is CCCCCC=CC1C[C@]1(NC(=O)[C@@H]1C[C@@H](Oc2cc(C(=O)OC)nc3cc(OC)ccc23)CN1C(=O)[C@H](C)NCl)C(=O)OC. The molecule has 2 heterocycles. The maximum atomic E-state index is 13.8. The molecule has 1 aliphatic carbocycles. The molecule has 0 spiro atoms. The number of fused-ring (bicyclic) bond motifs is 1. The lowest BCUT2D eigenvalue weighted by Gasteiger charge is -2.27. The summed E-state index contributed by atoms with van der Waals surface area (Å²) in [6.07, 6.45) is 8.03. The molecule has 1 saturated carbocycles. The van der Waals surface area contributed by atoms with Crippen molar-refractivity contribution in [2.24, 2.45) is 5.92 Å². The van der Waals surface area contributed by atoms with Crippen molar-refractivity contribution in [3.63, 3.8) is 0 Å². The molecule has 12 nitrogen and oxygen atoms in total. The number of rotatable bonds is 14. The first-order valence-electron chi connectivity index (χ1n) is 15.1. The molecule has 0 radical (unpaired) electrons. The van der Waals surface area contributed by atoms with E-state index >= 15 is 0 Å². The Hall–Kier alpha value is -3.90. The number of carbonyl (C=O) groups excluding carboxylic acids is 4. The summed E-state index contributed by atoms with van der Waals surface area (Å²) < 4.78 is 21.6. The van der Waals surface area contributed by atoms with Gasteiger partial charge in [0.1, 0.15) is 29.2 Å². The van der Waals surface area contributed by atoms with Gasteiger partial charge in [-0.1, -0.05) is 31.9 Å². The minimum absolute atomic E-state index is 0.0241. The van der Waals surface area contributed by atoms with Gasteiger partial charge in [0.05, 0.1) is 39.4 Å². The Morgan fingerprint density at radius 3 is 2.60 bits per heavy atom. The zero-order valence-electron chi connectivity index (χ0n) is 26.3. The fourth-order valence-electron chi connectivity index (χ4n) is 5.67. The van der Waals surface area contributed by atoms with Gasteiger partial charge in [0.15, 0.2) is 5.69 Å². The fourth-order valence-corrected chi connectivity index (χ4v) is 5.76. The van der Waals surface area contributed by atoms with E-state index in [1.54, 1.807) is 25.1 Å². The summed E-state index contributed by atoms with van der Waals surface area (Å²) in [5.74, 6) is -1.45. The number of nitrogens with zero attached hydrogens (tertiary/aromatic N) is 2. The van der Waals surface area contributed by atoms with Gasteiger partial charge in [0.25, 0.3) is 0 Å². The third-order valence-electron chi connectivity index (χ3n) is 8.30. The number of likely N-dealkylation sites (tertiary alicyclic amines) is 1. The van der Waals surface area contributed by atoms with E-state index in [1.807, 2.05) is 12.2 Å². The van der Waals surface area contributed by atoms with Gasteiger partial charge >= 0.3 is 11.9 Å². The Morgan fingerprint density at radius 1 is 1.16 bits per heavy atom. The maximum absolute atomic E-state index is 13.8. The highest BCUT2D eigenvalue weighted by Crippen LogP contribution is 2.46. The molecule has 13 heteroatoms. The molecule has 2 aromatic rings. The molecule has 1 unspecified atom stereocenters. The number of methoxy groups -OCH3 is 3. The molecule has 1 aromatic heterocycles. The molecule has 0 bridgehead atoms. The zero-order chi connectivity index (χ0) is 32.7. The van der Waals surface area contributed by atoms with Crippen molar-refractivity contribution in [3.8, 4) is 11.5 Å². The van der Waals surface area contributed by atoms with Gasteiger partial charge in [-0.05, 0) is 50.1 Å². The number of nitrogens with one attached hydrogen (secondary N) is 2. The molecule has 5 atom stereocenters. The monoisotopic (exact) mass is 644 g/mol. The summed E-state index contributed by atoms with van der Waals surface area (Å²) in [6.45, 7) is 3.77. The highest BCUT2D eigenvalue weighted by molar-refractivity contribution is 6.15. The Labute approximate surface area is 267 Å². The van der Waals surface area contributed by atoms with Gasteiger partial charge in [0.2, 0.25) is 11.8 Å². The first kappa shape index (κ1) is 34.0. The van der Waals surface area contributed by atoms with Crippen LogP contribution in [-0.4, -0.2) is 85.2 Å². The lowest BCUT2D eigenvalue weighted by molar-refractivity contribution is -0.148. The second kappa shape index (κ2) is 14.9. The number of hydrogen-bond acceptors (Lipinski definition) is 10. The normalized spacial score (nSPS) is 23.1. The highest BCUT2D eigenvalue weighted by atomic mass is 35.5. The van der Waals surface area contributed by atoms with E-state index in [4.69, 9.17) is 30.7 Å². The number of pyridine rings is 1. The van der Waals surface area contributed by atoms with Crippen molar-refractivity contribution in [2.45, 2.75) is 76.1 Å². The standard InChI is InChI=1S/C32H41ClN4O8/c1-6-7-8-9-10-11-20-17-32(20,31(41)44-5)35-28(38)26-15-22(18-37(26)29(39)19(2)36-33)45-27-16-25(30(40)43-4)34-24-14-21(42-3)12-13-23(24)27/h10-14,16,19-20,22,26,36H,6-9,15,17-18H2,1-5H3,(H,35,38)/t19-,20?,22+,26-,32+/m0/s1. The number of benzene rings is 1. The second-order valence-electron chi connectivity index (χ2n) is 11.4. The topological polar surface area (TPSA) is 145 Å². The fraction of sp³-hybridized carbons (Fsp3) is 0.531. The predicted octanol–water partition coefficient (Wildman–Crippen LogP) is 3.69. The first-order chi connectivity index (χ1) is 21.6. The third kappa shape index (κ3) is 7.50. The highest BCUT2D eigenvalue weighted by Gasteiger charge is 2.62. The van der Waals surface area contributed by atoms with E-state index in [9.17, 15) is 19.2 Å². The van der Waals surface area contributed by atoms with E-state index in [2.05, 4.69) is 22.1 Å². The number of unbranched alkanes of at least 4 members (excludes halogenated alkanes) is 3. The number of aromatic nitrogens is 1. The van der Waals surface area contributed by atoms with Crippen molar-refractivity contribution in [2.75, 3.05) is 27.9 Å². The first-order valence-corrected chi connectivity index (χ1v) is 15.5. The van der Waals surface area contributed by atoms with E-state index in [-0.39, 0.29) is 24.6 Å². The summed E-state index contributed by atoms with van der Waals surface area (Å²) in [6, 6.07) is 4.87. The largest absolute Gasteiger partial charge is 0.497 e. The molecule has 2 fully saturated rings. The van der Waals surface area contributed by atoms with Gasteiger partial charge in [-0.25, -0.2) is 19.4 Å². The lowest BCUT2D eigenvalue weighted by atomic mass is 10.1. The van der Waals surface area contributed by atoms with Crippen LogP contribution in [0.5, 0.6) is 11.5 Å². The molecule has 244 valence electrons. The molecule has 2 amide bonds. The van der Waals surface area contributed by atoms with Crippen LogP contribution in [0.15, 0.2) is 36.4 Å². The molecule has 1 saturated heterocycles. The summed E-state index contributed by atoms with van der Waals surface area (Å²) >= 11 is 5.79. The average Bonchev–Trinajstić information content (AvgIpc) is 3.58. The van der Waals surface area contributed by atoms with Crippen LogP contribution in [-0.2, 0) is 23.9 Å². The summed E-state index contributed by atoms with van der Waals surface area (Å²) in [4.78, 5) is 60.7.